The first kappa shape index (κ1) is 25.6. The summed E-state index contributed by atoms with van der Waals surface area (Å²) in [5.41, 5.74) is 1.52. The summed E-state index contributed by atoms with van der Waals surface area (Å²) in [6, 6.07) is 0.250. The predicted octanol–water partition coefficient (Wildman–Crippen LogP) is 5.48. The number of rotatable bonds is 4. The zero-order chi connectivity index (χ0) is 25.6. The molecule has 0 aromatic heterocycles. The largest absolute Gasteiger partial charge is 0.462 e. The van der Waals surface area contributed by atoms with E-state index in [2.05, 4.69) is 26.1 Å². The lowest BCUT2D eigenvalue weighted by Gasteiger charge is -2.50. The molecule has 4 fully saturated rings. The number of nitrogens with zero attached hydrogens (tertiary/aromatic N) is 2. The molecule has 0 aromatic carbocycles. The topological polar surface area (TPSA) is 79.6 Å². The van der Waals surface area contributed by atoms with Crippen LogP contribution in [-0.4, -0.2) is 41.6 Å². The maximum absolute atomic E-state index is 12.2. The number of ether oxygens (including phenoxy) is 2. The van der Waals surface area contributed by atoms with Gasteiger partial charge in [0.25, 0.3) is 0 Å². The zero-order valence-corrected chi connectivity index (χ0v) is 22.5. The Morgan fingerprint density at radius 3 is 2.47 bits per heavy atom. The van der Waals surface area contributed by atoms with Crippen LogP contribution in [0.25, 0.3) is 0 Å². The highest BCUT2D eigenvalue weighted by Crippen LogP contribution is 2.60. The van der Waals surface area contributed by atoms with Crippen LogP contribution in [0.4, 0.5) is 0 Å². The van der Waals surface area contributed by atoms with Crippen LogP contribution in [0.3, 0.4) is 0 Å². The quantitative estimate of drug-likeness (QED) is 0.291. The van der Waals surface area contributed by atoms with Crippen LogP contribution in [0.2, 0.25) is 0 Å². The monoisotopic (exact) mass is 496 g/mol. The second-order valence-electron chi connectivity index (χ2n) is 12.7. The summed E-state index contributed by atoms with van der Waals surface area (Å²) in [7, 11) is 0. The van der Waals surface area contributed by atoms with Gasteiger partial charge in [-0.1, -0.05) is 25.5 Å². The minimum Gasteiger partial charge on any atom is -0.462 e. The van der Waals surface area contributed by atoms with E-state index in [-0.39, 0.29) is 30.2 Å². The van der Waals surface area contributed by atoms with E-state index in [1.807, 2.05) is 4.90 Å². The van der Waals surface area contributed by atoms with Gasteiger partial charge in [-0.3, -0.25) is 9.59 Å². The molecule has 0 bridgehead atoms. The average molecular weight is 497 g/mol. The molecule has 0 radical (unpaired) electrons. The third-order valence-electron chi connectivity index (χ3n) is 10.7. The molecule has 0 unspecified atom stereocenters. The second kappa shape index (κ2) is 10.4. The summed E-state index contributed by atoms with van der Waals surface area (Å²) >= 11 is 0. The van der Waals surface area contributed by atoms with Gasteiger partial charge >= 0.3 is 11.9 Å². The van der Waals surface area contributed by atoms with Crippen LogP contribution in [-0.2, 0) is 19.1 Å². The van der Waals surface area contributed by atoms with E-state index in [0.29, 0.717) is 47.3 Å². The van der Waals surface area contributed by atoms with E-state index in [9.17, 15) is 14.9 Å². The number of likely N-dealkylation sites (tertiary alicyclic amines) is 1. The van der Waals surface area contributed by atoms with Gasteiger partial charge in [0.2, 0.25) is 0 Å². The molecule has 6 nitrogen and oxygen atoms in total. The van der Waals surface area contributed by atoms with E-state index < -0.39 is 0 Å². The molecule has 198 valence electrons. The molecular formula is C30H44N2O4. The van der Waals surface area contributed by atoms with Gasteiger partial charge in [-0.25, -0.2) is 0 Å². The normalized spacial score (nSPS) is 42.6. The fourth-order valence-corrected chi connectivity index (χ4v) is 9.40. The number of carbonyl (C=O) groups is 2. The van der Waals surface area contributed by atoms with Crippen LogP contribution in [0, 0.1) is 58.8 Å². The van der Waals surface area contributed by atoms with Crippen molar-refractivity contribution < 1.29 is 19.1 Å². The van der Waals surface area contributed by atoms with Crippen molar-refractivity contribution >= 4 is 11.9 Å². The molecule has 0 aromatic rings. The Bertz CT molecular complexity index is 924. The third kappa shape index (κ3) is 4.79. The first-order chi connectivity index (χ1) is 17.3. The van der Waals surface area contributed by atoms with Gasteiger partial charge in [0, 0.05) is 38.8 Å². The Labute approximate surface area is 216 Å². The first-order valence-corrected chi connectivity index (χ1v) is 14.5. The van der Waals surface area contributed by atoms with E-state index >= 15 is 0 Å². The zero-order valence-electron chi connectivity index (χ0n) is 22.5. The van der Waals surface area contributed by atoms with Crippen LogP contribution in [0.1, 0.15) is 85.5 Å². The number of hydrogen-bond acceptors (Lipinski definition) is 6. The molecule has 0 spiro atoms. The van der Waals surface area contributed by atoms with E-state index in [1.165, 1.54) is 31.8 Å². The summed E-state index contributed by atoms with van der Waals surface area (Å²) in [5.74, 6) is 4.01. The highest BCUT2D eigenvalue weighted by Gasteiger charge is 2.56. The Morgan fingerprint density at radius 2 is 1.75 bits per heavy atom. The fraction of sp³-hybridized carbons (Fsp3) is 0.833. The number of fused-ring (bicyclic) bond motifs is 5. The molecule has 1 aliphatic heterocycles. The molecule has 36 heavy (non-hydrogen) atoms. The molecule has 0 N–H and O–H groups in total. The minimum absolute atomic E-state index is 0.0313. The maximum Gasteiger partial charge on any atom is 0.302 e. The summed E-state index contributed by atoms with van der Waals surface area (Å²) in [5, 5.41) is 9.90. The maximum atomic E-state index is 12.2. The third-order valence-corrected chi connectivity index (χ3v) is 10.7. The molecule has 0 amide bonds. The highest BCUT2D eigenvalue weighted by molar-refractivity contribution is 5.66. The van der Waals surface area contributed by atoms with Crippen LogP contribution in [0.15, 0.2) is 11.6 Å². The lowest BCUT2D eigenvalue weighted by Crippen LogP contribution is -2.48. The summed E-state index contributed by atoms with van der Waals surface area (Å²) in [6.07, 6.45) is 14.7. The SMILES string of the molecule is CC(=O)O[C@@H]1CC[C@@H]2C(=CC[C@H]3[C@H]4C[C@H](OC(C)=O)[C@H]([C@H](C)[C@@H]5CC[C@H](C)CN5C#N)[C@@H]4CC[C@@H]32)C1. The predicted molar refractivity (Wildman–Crippen MR) is 136 cm³/mol. The van der Waals surface area contributed by atoms with Crippen LogP contribution < -0.4 is 0 Å². The molecule has 3 saturated carbocycles. The van der Waals surface area contributed by atoms with E-state index in [4.69, 9.17) is 9.47 Å². The van der Waals surface area contributed by atoms with Crippen molar-refractivity contribution in [2.75, 3.05) is 6.54 Å². The van der Waals surface area contributed by atoms with Crippen molar-refractivity contribution in [1.82, 2.24) is 4.90 Å². The number of piperidine rings is 1. The van der Waals surface area contributed by atoms with Crippen molar-refractivity contribution in [1.29, 1.82) is 5.26 Å². The molecule has 5 aliphatic rings. The number of nitriles is 1. The molecule has 1 saturated heterocycles. The van der Waals surface area contributed by atoms with E-state index in [1.54, 1.807) is 6.92 Å². The Balaban J connectivity index is 1.35. The molecule has 11 atom stereocenters. The first-order valence-electron chi connectivity index (χ1n) is 14.5. The van der Waals surface area contributed by atoms with Gasteiger partial charge in [0.1, 0.15) is 12.2 Å². The Morgan fingerprint density at radius 1 is 1.00 bits per heavy atom. The Hall–Kier alpha value is -2.03. The van der Waals surface area contributed by atoms with Gasteiger partial charge in [-0.15, -0.1) is 0 Å². The smallest absolute Gasteiger partial charge is 0.302 e. The number of carbonyl (C=O) groups excluding carboxylic acids is 2. The summed E-state index contributed by atoms with van der Waals surface area (Å²) in [6.45, 7) is 8.48. The highest BCUT2D eigenvalue weighted by atomic mass is 16.5. The lowest BCUT2D eigenvalue weighted by molar-refractivity contribution is -0.150. The van der Waals surface area contributed by atoms with Gasteiger partial charge in [0.05, 0.1) is 0 Å². The van der Waals surface area contributed by atoms with Gasteiger partial charge in [-0.2, -0.15) is 5.26 Å². The van der Waals surface area contributed by atoms with Crippen LogP contribution in [0.5, 0.6) is 0 Å². The molecular weight excluding hydrogens is 452 g/mol. The van der Waals surface area contributed by atoms with Crippen LogP contribution >= 0.6 is 0 Å². The molecule has 4 aliphatic carbocycles. The number of allylic oxidation sites excluding steroid dienone is 1. The summed E-state index contributed by atoms with van der Waals surface area (Å²) < 4.78 is 11.6. The fourth-order valence-electron chi connectivity index (χ4n) is 9.40. The average Bonchev–Trinajstić information content (AvgIpc) is 3.20. The van der Waals surface area contributed by atoms with Crippen molar-refractivity contribution in [3.8, 4) is 6.19 Å². The van der Waals surface area contributed by atoms with Gasteiger partial charge < -0.3 is 14.4 Å². The molecule has 1 heterocycles. The van der Waals surface area contributed by atoms with Crippen molar-refractivity contribution in [3.05, 3.63) is 11.6 Å². The standard InChI is InChI=1S/C30H44N2O4/c1-17-5-12-28(32(15-17)16-31)18(2)30-26-11-10-24-23-9-7-22(35-19(3)33)13-21(23)6-8-25(24)27(26)14-29(30)36-20(4)34/h6,17-18,22-30H,5,7-15H2,1-4H3/t17-,18+,22+,23+,24+,25+,26+,27+,28-,29-,30+/m0/s1. The Kier molecular flexibility index (Phi) is 7.39. The minimum atomic E-state index is -0.170. The van der Waals surface area contributed by atoms with Gasteiger partial charge in [0.15, 0.2) is 6.19 Å². The van der Waals surface area contributed by atoms with Crippen molar-refractivity contribution in [3.63, 3.8) is 0 Å². The van der Waals surface area contributed by atoms with E-state index in [0.717, 1.165) is 45.1 Å². The summed E-state index contributed by atoms with van der Waals surface area (Å²) in [4.78, 5) is 25.7. The number of hydrogen-bond donors (Lipinski definition) is 0. The van der Waals surface area contributed by atoms with Crippen molar-refractivity contribution in [2.45, 2.75) is 104 Å². The molecule has 5 rings (SSSR count). The second-order valence-corrected chi connectivity index (χ2v) is 12.7. The molecule has 6 heteroatoms. The van der Waals surface area contributed by atoms with Crippen molar-refractivity contribution in [2.24, 2.45) is 47.3 Å². The number of esters is 2. The van der Waals surface area contributed by atoms with Gasteiger partial charge in [-0.05, 0) is 92.8 Å². The lowest BCUT2D eigenvalue weighted by atomic mass is 9.55.